The number of aliphatic imine (C=N–C) groups is 1. The summed E-state index contributed by atoms with van der Waals surface area (Å²) in [5, 5.41) is 1.13. The van der Waals surface area contributed by atoms with E-state index in [9.17, 15) is 4.79 Å². The summed E-state index contributed by atoms with van der Waals surface area (Å²) < 4.78 is 0. The second-order valence-corrected chi connectivity index (χ2v) is 7.32. The van der Waals surface area contributed by atoms with Gasteiger partial charge in [0.1, 0.15) is 0 Å². The van der Waals surface area contributed by atoms with Crippen LogP contribution in [0.5, 0.6) is 0 Å². The predicted molar refractivity (Wildman–Crippen MR) is 108 cm³/mol. The first-order chi connectivity index (χ1) is 12.5. The Labute approximate surface area is 164 Å². The summed E-state index contributed by atoms with van der Waals surface area (Å²) in [5.41, 5.74) is 2.19. The Morgan fingerprint density at radius 2 is 1.88 bits per heavy atom. The average molecular weight is 390 g/mol. The quantitative estimate of drug-likeness (QED) is 0.568. The van der Waals surface area contributed by atoms with Crippen LogP contribution < -0.4 is 0 Å². The van der Waals surface area contributed by atoms with Gasteiger partial charge < -0.3 is 4.90 Å². The molecule has 0 bridgehead atoms. The minimum absolute atomic E-state index is 0.121. The van der Waals surface area contributed by atoms with Gasteiger partial charge in [0.05, 0.1) is 17.3 Å². The van der Waals surface area contributed by atoms with E-state index in [-0.39, 0.29) is 5.78 Å². The smallest absolute Gasteiger partial charge is 0.176 e. The van der Waals surface area contributed by atoms with E-state index in [0.29, 0.717) is 22.2 Å². The lowest BCUT2D eigenvalue weighted by molar-refractivity contribution is 0.0876. The number of Topliss-reactive ketones (excluding diaryl/α,β-unsaturated/α-hetero) is 1. The van der Waals surface area contributed by atoms with Crippen molar-refractivity contribution in [3.05, 3.63) is 63.6 Å². The topological polar surface area (TPSA) is 35.9 Å². The van der Waals surface area contributed by atoms with Crippen molar-refractivity contribution in [3.63, 3.8) is 0 Å². The molecule has 0 saturated carbocycles. The molecule has 0 aliphatic carbocycles. The highest BCUT2D eigenvalue weighted by Crippen LogP contribution is 2.21. The minimum atomic E-state index is 0.121. The summed E-state index contributed by atoms with van der Waals surface area (Å²) in [4.78, 5) is 21.5. The molecule has 136 valence electrons. The molecule has 2 aromatic carbocycles. The van der Waals surface area contributed by atoms with Crippen molar-refractivity contribution in [1.29, 1.82) is 0 Å². The Balaban J connectivity index is 1.67. The largest absolute Gasteiger partial charge is 0.304 e. The second-order valence-electron chi connectivity index (χ2n) is 6.48. The van der Waals surface area contributed by atoms with E-state index in [1.54, 1.807) is 18.3 Å². The summed E-state index contributed by atoms with van der Waals surface area (Å²) in [6.07, 6.45) is 1.68. The van der Waals surface area contributed by atoms with Crippen LogP contribution in [0.3, 0.4) is 0 Å². The van der Waals surface area contributed by atoms with Gasteiger partial charge in [-0.15, -0.1) is 0 Å². The first-order valence-corrected chi connectivity index (χ1v) is 9.30. The van der Waals surface area contributed by atoms with Crippen molar-refractivity contribution in [2.45, 2.75) is 0 Å². The van der Waals surface area contributed by atoms with E-state index in [2.05, 4.69) is 21.8 Å². The number of benzene rings is 2. The molecule has 1 heterocycles. The third kappa shape index (κ3) is 5.15. The maximum Gasteiger partial charge on any atom is 0.176 e. The van der Waals surface area contributed by atoms with E-state index in [1.807, 2.05) is 30.3 Å². The van der Waals surface area contributed by atoms with Crippen LogP contribution in [0, 0.1) is 0 Å². The number of halogens is 2. The Kier molecular flexibility index (Phi) is 6.43. The lowest BCUT2D eigenvalue weighted by Gasteiger charge is -2.31. The number of carbonyl (C=O) groups excluding carboxylic acids is 1. The fraction of sp³-hybridized carbons (Fsp3) is 0.300. The van der Waals surface area contributed by atoms with E-state index in [0.717, 1.165) is 37.4 Å². The van der Waals surface area contributed by atoms with Crippen molar-refractivity contribution < 1.29 is 4.79 Å². The molecule has 0 radical (unpaired) electrons. The van der Waals surface area contributed by atoms with Gasteiger partial charge >= 0.3 is 0 Å². The summed E-state index contributed by atoms with van der Waals surface area (Å²) in [5.74, 6) is 0.121. The van der Waals surface area contributed by atoms with Gasteiger partial charge in [-0.05, 0) is 31.3 Å². The predicted octanol–water partition coefficient (Wildman–Crippen LogP) is 4.17. The number of nitrogens with zero attached hydrogens (tertiary/aromatic N) is 3. The number of rotatable bonds is 5. The molecular weight excluding hydrogens is 369 g/mol. The van der Waals surface area contributed by atoms with Gasteiger partial charge in [-0.1, -0.05) is 41.4 Å². The van der Waals surface area contributed by atoms with Crippen molar-refractivity contribution >= 4 is 40.9 Å². The van der Waals surface area contributed by atoms with Gasteiger partial charge in [-0.25, -0.2) is 0 Å². The second kappa shape index (κ2) is 8.78. The number of likely N-dealkylation sites (N-methyl/N-ethyl adjacent to an activating group) is 1. The van der Waals surface area contributed by atoms with Crippen molar-refractivity contribution in [2.75, 3.05) is 39.8 Å². The minimum Gasteiger partial charge on any atom is -0.304 e. The molecule has 1 fully saturated rings. The molecule has 3 rings (SSSR count). The molecule has 1 aliphatic heterocycles. The lowest BCUT2D eigenvalue weighted by Crippen LogP contribution is -2.46. The lowest BCUT2D eigenvalue weighted by atomic mass is 10.1. The molecular formula is C20H21Cl2N3O. The zero-order valence-electron chi connectivity index (χ0n) is 14.7. The SMILES string of the molecule is CN1CCN(CC(=O)c2cccc(N=Cc3ccc(Cl)cc3Cl)c2)CC1. The van der Waals surface area contributed by atoms with Gasteiger partial charge in [0, 0.05) is 48.5 Å². The maximum atomic E-state index is 12.6. The first-order valence-electron chi connectivity index (χ1n) is 8.54. The normalized spacial score (nSPS) is 16.3. The Morgan fingerprint density at radius 3 is 2.62 bits per heavy atom. The van der Waals surface area contributed by atoms with Crippen LogP contribution in [0.25, 0.3) is 0 Å². The standard InChI is InChI=1S/C20H21Cl2N3O/c1-24-7-9-25(10-8-24)14-20(26)15-3-2-4-18(11-15)23-13-16-5-6-17(21)12-19(16)22/h2-6,11-13H,7-10,14H2,1H3. The van der Waals surface area contributed by atoms with Gasteiger partial charge in [-0.2, -0.15) is 0 Å². The maximum absolute atomic E-state index is 12.6. The molecule has 26 heavy (non-hydrogen) atoms. The monoisotopic (exact) mass is 389 g/mol. The Morgan fingerprint density at radius 1 is 1.12 bits per heavy atom. The fourth-order valence-electron chi connectivity index (χ4n) is 2.81. The molecule has 0 atom stereocenters. The van der Waals surface area contributed by atoms with Crippen molar-refractivity contribution in [1.82, 2.24) is 9.80 Å². The van der Waals surface area contributed by atoms with Crippen molar-refractivity contribution in [2.24, 2.45) is 4.99 Å². The highest BCUT2D eigenvalue weighted by atomic mass is 35.5. The van der Waals surface area contributed by atoms with Gasteiger partial charge in [0.25, 0.3) is 0 Å². The van der Waals surface area contributed by atoms with Crippen LogP contribution in [-0.2, 0) is 0 Å². The van der Waals surface area contributed by atoms with Crippen LogP contribution in [0.1, 0.15) is 15.9 Å². The summed E-state index contributed by atoms with van der Waals surface area (Å²) in [7, 11) is 2.10. The average Bonchev–Trinajstić information content (AvgIpc) is 2.63. The molecule has 6 heteroatoms. The molecule has 0 N–H and O–H groups in total. The zero-order chi connectivity index (χ0) is 18.5. The van der Waals surface area contributed by atoms with Crippen LogP contribution in [-0.4, -0.2) is 61.6 Å². The molecule has 0 aromatic heterocycles. The first kappa shape index (κ1) is 19.1. The fourth-order valence-corrected chi connectivity index (χ4v) is 3.27. The summed E-state index contributed by atoms with van der Waals surface area (Å²) in [6.45, 7) is 4.30. The number of piperazine rings is 1. The highest BCUT2D eigenvalue weighted by molar-refractivity contribution is 6.36. The number of hydrogen-bond donors (Lipinski definition) is 0. The summed E-state index contributed by atoms with van der Waals surface area (Å²) in [6, 6.07) is 12.6. The molecule has 0 unspecified atom stereocenters. The van der Waals surface area contributed by atoms with Crippen LogP contribution in [0.2, 0.25) is 10.0 Å². The number of hydrogen-bond acceptors (Lipinski definition) is 4. The Bertz CT molecular complexity index is 814. The third-order valence-corrected chi connectivity index (χ3v) is 5.01. The molecule has 4 nitrogen and oxygen atoms in total. The number of ketones is 1. The van der Waals surface area contributed by atoms with E-state index < -0.39 is 0 Å². The van der Waals surface area contributed by atoms with Crippen molar-refractivity contribution in [3.8, 4) is 0 Å². The van der Waals surface area contributed by atoms with E-state index >= 15 is 0 Å². The zero-order valence-corrected chi connectivity index (χ0v) is 16.2. The van der Waals surface area contributed by atoms with Crippen LogP contribution in [0.4, 0.5) is 5.69 Å². The molecule has 1 saturated heterocycles. The summed E-state index contributed by atoms with van der Waals surface area (Å²) >= 11 is 12.1. The third-order valence-electron chi connectivity index (χ3n) is 4.45. The van der Waals surface area contributed by atoms with E-state index in [1.165, 1.54) is 0 Å². The van der Waals surface area contributed by atoms with Gasteiger partial charge in [-0.3, -0.25) is 14.7 Å². The van der Waals surface area contributed by atoms with Crippen LogP contribution >= 0.6 is 23.2 Å². The van der Waals surface area contributed by atoms with Gasteiger partial charge in [0.15, 0.2) is 5.78 Å². The highest BCUT2D eigenvalue weighted by Gasteiger charge is 2.17. The molecule has 1 aliphatic rings. The molecule has 2 aromatic rings. The van der Waals surface area contributed by atoms with E-state index in [4.69, 9.17) is 23.2 Å². The Hall–Kier alpha value is -1.72. The van der Waals surface area contributed by atoms with Gasteiger partial charge in [0.2, 0.25) is 0 Å². The molecule has 0 spiro atoms. The number of carbonyl (C=O) groups is 1. The molecule has 0 amide bonds. The van der Waals surface area contributed by atoms with Crippen LogP contribution in [0.15, 0.2) is 47.5 Å².